The van der Waals surface area contributed by atoms with Gasteiger partial charge in [-0.1, -0.05) is 30.3 Å². The highest BCUT2D eigenvalue weighted by atomic mass is 32.1. The molecule has 0 fully saturated rings. The number of aliphatic hydroxyl groups is 1. The minimum Gasteiger partial charge on any atom is -0.394 e. The first-order valence-electron chi connectivity index (χ1n) is 6.20. The van der Waals surface area contributed by atoms with Gasteiger partial charge in [0, 0.05) is 0 Å². The lowest BCUT2D eigenvalue weighted by molar-refractivity contribution is 0.0920. The molecule has 1 aromatic carbocycles. The summed E-state index contributed by atoms with van der Waals surface area (Å²) in [5, 5.41) is 14.2. The highest BCUT2D eigenvalue weighted by molar-refractivity contribution is 7.12. The monoisotopic (exact) mass is 275 g/mol. The molecule has 1 aromatic heterocycles. The van der Waals surface area contributed by atoms with Gasteiger partial charge in [-0.25, -0.2) is 0 Å². The summed E-state index contributed by atoms with van der Waals surface area (Å²) in [6, 6.07) is 11.5. The summed E-state index contributed by atoms with van der Waals surface area (Å²) in [5.74, 6) is -0.109. The summed E-state index contributed by atoms with van der Waals surface area (Å²) in [6.07, 6.45) is 0.632. The van der Waals surface area contributed by atoms with Gasteiger partial charge in [0.05, 0.1) is 17.5 Å². The topological polar surface area (TPSA) is 49.3 Å². The van der Waals surface area contributed by atoms with E-state index < -0.39 is 0 Å². The molecule has 0 spiro atoms. The Labute approximate surface area is 116 Å². The third-order valence-electron chi connectivity index (χ3n) is 2.95. The summed E-state index contributed by atoms with van der Waals surface area (Å²) < 4.78 is 0. The van der Waals surface area contributed by atoms with Gasteiger partial charge in [0.25, 0.3) is 5.91 Å². The molecule has 0 bridgehead atoms. The van der Waals surface area contributed by atoms with E-state index in [1.807, 2.05) is 48.7 Å². The molecular weight excluding hydrogens is 258 g/mol. The van der Waals surface area contributed by atoms with Gasteiger partial charge < -0.3 is 10.4 Å². The molecule has 0 aliphatic carbocycles. The van der Waals surface area contributed by atoms with Crippen molar-refractivity contribution in [2.75, 3.05) is 6.61 Å². The Hall–Kier alpha value is -1.65. The summed E-state index contributed by atoms with van der Waals surface area (Å²) in [4.78, 5) is 12.8. The van der Waals surface area contributed by atoms with E-state index in [1.54, 1.807) is 0 Å². The number of aliphatic hydroxyl groups excluding tert-OH is 1. The van der Waals surface area contributed by atoms with Gasteiger partial charge in [-0.3, -0.25) is 4.79 Å². The number of nitrogens with one attached hydrogen (secondary N) is 1. The van der Waals surface area contributed by atoms with Gasteiger partial charge >= 0.3 is 0 Å². The maximum Gasteiger partial charge on any atom is 0.261 e. The van der Waals surface area contributed by atoms with Crippen LogP contribution < -0.4 is 5.32 Å². The molecule has 2 rings (SSSR count). The number of benzene rings is 1. The van der Waals surface area contributed by atoms with Crippen LogP contribution in [0.1, 0.15) is 20.8 Å². The van der Waals surface area contributed by atoms with Crippen molar-refractivity contribution in [3.63, 3.8) is 0 Å². The second kappa shape index (κ2) is 6.50. The van der Waals surface area contributed by atoms with E-state index in [9.17, 15) is 9.90 Å². The highest BCUT2D eigenvalue weighted by Gasteiger charge is 2.15. The van der Waals surface area contributed by atoms with Crippen LogP contribution in [0.4, 0.5) is 0 Å². The van der Waals surface area contributed by atoms with Gasteiger partial charge in [-0.15, -0.1) is 11.3 Å². The average molecular weight is 275 g/mol. The molecule has 2 N–H and O–H groups in total. The summed E-state index contributed by atoms with van der Waals surface area (Å²) in [7, 11) is 0. The van der Waals surface area contributed by atoms with Crippen molar-refractivity contribution < 1.29 is 9.90 Å². The maximum absolute atomic E-state index is 12.1. The normalized spacial score (nSPS) is 12.1. The summed E-state index contributed by atoms with van der Waals surface area (Å²) in [5.41, 5.74) is 2.07. The van der Waals surface area contributed by atoms with Crippen LogP contribution in [-0.4, -0.2) is 23.7 Å². The molecule has 4 heteroatoms. The summed E-state index contributed by atoms with van der Waals surface area (Å²) >= 11 is 1.42. The van der Waals surface area contributed by atoms with Crippen LogP contribution in [0.2, 0.25) is 0 Å². The quantitative estimate of drug-likeness (QED) is 0.880. The van der Waals surface area contributed by atoms with Crippen LogP contribution in [0.5, 0.6) is 0 Å². The molecule has 3 nitrogen and oxygen atoms in total. The summed E-state index contributed by atoms with van der Waals surface area (Å²) in [6.45, 7) is 1.85. The van der Waals surface area contributed by atoms with Crippen LogP contribution >= 0.6 is 11.3 Å². The Morgan fingerprint density at radius 1 is 1.32 bits per heavy atom. The molecule has 0 saturated heterocycles. The molecular formula is C15H17NO2S. The molecule has 1 atom stereocenters. The Balaban J connectivity index is 2.00. The lowest BCUT2D eigenvalue weighted by Crippen LogP contribution is -2.39. The minimum absolute atomic E-state index is 0.0644. The van der Waals surface area contributed by atoms with E-state index in [-0.39, 0.29) is 18.6 Å². The second-order valence-electron chi connectivity index (χ2n) is 4.48. The zero-order valence-corrected chi connectivity index (χ0v) is 11.6. The van der Waals surface area contributed by atoms with E-state index in [0.29, 0.717) is 11.3 Å². The van der Waals surface area contributed by atoms with Gasteiger partial charge in [-0.05, 0) is 35.9 Å². The first-order valence-corrected chi connectivity index (χ1v) is 7.08. The standard InChI is InChI=1S/C15H17NO2S/c1-11-7-8-19-14(11)15(18)16-13(10-17)9-12-5-3-2-4-6-12/h2-8,13,17H,9-10H2,1H3,(H,16,18)/t13-/m1/s1. The van der Waals surface area contributed by atoms with E-state index in [4.69, 9.17) is 0 Å². The molecule has 0 radical (unpaired) electrons. The Morgan fingerprint density at radius 2 is 2.05 bits per heavy atom. The number of aryl methyl sites for hydroxylation is 1. The van der Waals surface area contributed by atoms with Crippen LogP contribution in [-0.2, 0) is 6.42 Å². The predicted molar refractivity (Wildman–Crippen MR) is 77.5 cm³/mol. The molecule has 0 unspecified atom stereocenters. The largest absolute Gasteiger partial charge is 0.394 e. The van der Waals surface area contributed by atoms with Crippen molar-refractivity contribution >= 4 is 17.2 Å². The van der Waals surface area contributed by atoms with Crippen molar-refractivity contribution in [2.24, 2.45) is 0 Å². The van der Waals surface area contributed by atoms with Crippen molar-refractivity contribution in [1.29, 1.82) is 0 Å². The van der Waals surface area contributed by atoms with Crippen molar-refractivity contribution in [1.82, 2.24) is 5.32 Å². The second-order valence-corrected chi connectivity index (χ2v) is 5.39. The number of amides is 1. The van der Waals surface area contributed by atoms with Crippen LogP contribution in [0.3, 0.4) is 0 Å². The number of thiophene rings is 1. The highest BCUT2D eigenvalue weighted by Crippen LogP contribution is 2.15. The molecule has 19 heavy (non-hydrogen) atoms. The van der Waals surface area contributed by atoms with Crippen LogP contribution in [0.15, 0.2) is 41.8 Å². The minimum atomic E-state index is -0.253. The molecule has 1 amide bonds. The maximum atomic E-state index is 12.1. The molecule has 0 aliphatic rings. The third kappa shape index (κ3) is 3.66. The molecule has 0 aliphatic heterocycles. The number of hydrogen-bond acceptors (Lipinski definition) is 3. The lowest BCUT2D eigenvalue weighted by atomic mass is 10.1. The lowest BCUT2D eigenvalue weighted by Gasteiger charge is -2.16. The Kier molecular flexibility index (Phi) is 4.71. The molecule has 1 heterocycles. The number of rotatable bonds is 5. The van der Waals surface area contributed by atoms with E-state index in [1.165, 1.54) is 11.3 Å². The smallest absolute Gasteiger partial charge is 0.261 e. The SMILES string of the molecule is Cc1ccsc1C(=O)N[C@@H](CO)Cc1ccccc1. The average Bonchev–Trinajstić information content (AvgIpc) is 2.85. The van der Waals surface area contributed by atoms with Gasteiger partial charge in [0.1, 0.15) is 0 Å². The fraction of sp³-hybridized carbons (Fsp3) is 0.267. The zero-order valence-electron chi connectivity index (χ0n) is 10.8. The van der Waals surface area contributed by atoms with Crippen molar-refractivity contribution in [3.05, 3.63) is 57.8 Å². The van der Waals surface area contributed by atoms with Crippen LogP contribution in [0.25, 0.3) is 0 Å². The predicted octanol–water partition coefficient (Wildman–Crippen LogP) is 2.39. The van der Waals surface area contributed by atoms with E-state index in [0.717, 1.165) is 11.1 Å². The van der Waals surface area contributed by atoms with Gasteiger partial charge in [0.2, 0.25) is 0 Å². The number of carbonyl (C=O) groups excluding carboxylic acids is 1. The van der Waals surface area contributed by atoms with Crippen LogP contribution in [0, 0.1) is 6.92 Å². The van der Waals surface area contributed by atoms with Gasteiger partial charge in [-0.2, -0.15) is 0 Å². The van der Waals surface area contributed by atoms with Crippen molar-refractivity contribution in [2.45, 2.75) is 19.4 Å². The molecule has 2 aromatic rings. The van der Waals surface area contributed by atoms with Gasteiger partial charge in [0.15, 0.2) is 0 Å². The third-order valence-corrected chi connectivity index (χ3v) is 3.96. The van der Waals surface area contributed by atoms with Crippen molar-refractivity contribution in [3.8, 4) is 0 Å². The molecule has 0 saturated carbocycles. The van der Waals surface area contributed by atoms with E-state index >= 15 is 0 Å². The fourth-order valence-corrected chi connectivity index (χ4v) is 2.74. The first kappa shape index (κ1) is 13.8. The fourth-order valence-electron chi connectivity index (χ4n) is 1.92. The Bertz CT molecular complexity index is 536. The first-order chi connectivity index (χ1) is 9.20. The van der Waals surface area contributed by atoms with E-state index in [2.05, 4.69) is 5.32 Å². The number of hydrogen-bond donors (Lipinski definition) is 2. The molecule has 100 valence electrons. The number of carbonyl (C=O) groups is 1. The zero-order chi connectivity index (χ0) is 13.7. The Morgan fingerprint density at radius 3 is 2.63 bits per heavy atom.